The van der Waals surface area contributed by atoms with Crippen molar-refractivity contribution in [2.75, 3.05) is 13.1 Å². The van der Waals surface area contributed by atoms with Crippen LogP contribution in [-0.2, 0) is 28.7 Å². The second-order valence-corrected chi connectivity index (χ2v) is 9.59. The molecule has 1 aromatic carbocycles. The molecule has 28 heavy (non-hydrogen) atoms. The van der Waals surface area contributed by atoms with Gasteiger partial charge in [0.05, 0.1) is 12.3 Å². The Bertz CT molecular complexity index is 830. The first-order valence-corrected chi connectivity index (χ1v) is 12.0. The van der Waals surface area contributed by atoms with E-state index in [1.165, 1.54) is 4.88 Å². The Morgan fingerprint density at radius 2 is 1.82 bits per heavy atom. The Balaban J connectivity index is 1.89. The summed E-state index contributed by atoms with van der Waals surface area (Å²) in [5, 5.41) is 8.68. The van der Waals surface area contributed by atoms with E-state index in [-0.39, 0.29) is 11.8 Å². The molecule has 0 atom stereocenters. The average Bonchev–Trinajstić information content (AvgIpc) is 3.13. The predicted octanol–water partition coefficient (Wildman–Crippen LogP) is 2.87. The molecule has 3 N–H and O–H groups in total. The molecule has 0 aliphatic heterocycles. The van der Waals surface area contributed by atoms with E-state index in [2.05, 4.69) is 37.9 Å². The van der Waals surface area contributed by atoms with Crippen molar-refractivity contribution in [1.82, 2.24) is 15.4 Å². The molecule has 154 valence electrons. The van der Waals surface area contributed by atoms with E-state index in [1.807, 2.05) is 45.0 Å². The summed E-state index contributed by atoms with van der Waals surface area (Å²) >= 11 is 1.76. The van der Waals surface area contributed by atoms with Gasteiger partial charge in [0.15, 0.2) is 5.96 Å². The predicted molar refractivity (Wildman–Crippen MR) is 118 cm³/mol. The minimum atomic E-state index is -3.31. The number of nitrogens with zero attached hydrogens (tertiary/aromatic N) is 1. The fraction of sp³-hybridized carbons (Fsp3) is 0.450. The minimum absolute atomic E-state index is 0.0123. The summed E-state index contributed by atoms with van der Waals surface area (Å²) in [6.45, 7) is 7.82. The van der Waals surface area contributed by atoms with Gasteiger partial charge in [0.1, 0.15) is 0 Å². The number of sulfonamides is 1. The first kappa shape index (κ1) is 22.4. The van der Waals surface area contributed by atoms with E-state index >= 15 is 0 Å². The van der Waals surface area contributed by atoms with Crippen molar-refractivity contribution in [3.63, 3.8) is 0 Å². The van der Waals surface area contributed by atoms with Gasteiger partial charge < -0.3 is 10.6 Å². The highest BCUT2D eigenvalue weighted by atomic mass is 32.2. The summed E-state index contributed by atoms with van der Waals surface area (Å²) in [5.41, 5.74) is 1.80. The smallest absolute Gasteiger partial charge is 0.216 e. The Kier molecular flexibility index (Phi) is 8.95. The number of guanidine groups is 1. The molecule has 0 spiro atoms. The summed E-state index contributed by atoms with van der Waals surface area (Å²) in [6, 6.07) is 11.7. The second-order valence-electron chi connectivity index (χ2n) is 6.80. The number of hydrogen-bond donors (Lipinski definition) is 3. The molecule has 1 aromatic heterocycles. The third-order valence-electron chi connectivity index (χ3n) is 3.80. The van der Waals surface area contributed by atoms with Crippen molar-refractivity contribution in [3.05, 3.63) is 57.8 Å². The van der Waals surface area contributed by atoms with Crippen LogP contribution in [0.1, 0.15) is 36.8 Å². The lowest BCUT2D eigenvalue weighted by Gasteiger charge is -2.11. The topological polar surface area (TPSA) is 82.6 Å². The normalized spacial score (nSPS) is 12.4. The van der Waals surface area contributed by atoms with Gasteiger partial charge in [-0.1, -0.05) is 30.3 Å². The molecular formula is C20H30N4O2S2. The van der Waals surface area contributed by atoms with Gasteiger partial charge in [0.2, 0.25) is 10.0 Å². The number of rotatable bonds is 10. The highest BCUT2D eigenvalue weighted by molar-refractivity contribution is 7.88. The summed E-state index contributed by atoms with van der Waals surface area (Å²) in [6.07, 6.45) is 0.968. The second kappa shape index (κ2) is 11.2. The highest BCUT2D eigenvalue weighted by Gasteiger charge is 2.12. The van der Waals surface area contributed by atoms with Crippen LogP contribution >= 0.6 is 11.3 Å². The zero-order valence-electron chi connectivity index (χ0n) is 16.7. The van der Waals surface area contributed by atoms with Crippen LogP contribution in [0.5, 0.6) is 0 Å². The molecule has 0 radical (unpaired) electrons. The SMILES string of the molecule is CCNC(=NCc1ccc(CS(=O)(=O)NC(C)C)cc1)NCCc1cccs1. The van der Waals surface area contributed by atoms with Gasteiger partial charge in [0, 0.05) is 24.0 Å². The van der Waals surface area contributed by atoms with E-state index in [0.717, 1.165) is 36.6 Å². The standard InChI is InChI=1S/C20H30N4O2S2/c1-4-21-20(22-12-11-19-6-5-13-27-19)23-14-17-7-9-18(10-8-17)15-28(25,26)24-16(2)3/h5-10,13,16,24H,4,11-12,14-15H2,1-3H3,(H2,21,22,23). The van der Waals surface area contributed by atoms with Gasteiger partial charge in [-0.2, -0.15) is 0 Å². The summed E-state index contributed by atoms with van der Waals surface area (Å²) in [4.78, 5) is 5.96. The first-order chi connectivity index (χ1) is 13.4. The molecule has 8 heteroatoms. The molecular weight excluding hydrogens is 392 g/mol. The average molecular weight is 423 g/mol. The largest absolute Gasteiger partial charge is 0.357 e. The Labute approximate surface area is 172 Å². The number of nitrogens with one attached hydrogen (secondary N) is 3. The zero-order chi connectivity index (χ0) is 20.4. The van der Waals surface area contributed by atoms with Gasteiger partial charge in [-0.3, -0.25) is 0 Å². The third kappa shape index (κ3) is 8.41. The lowest BCUT2D eigenvalue weighted by atomic mass is 10.1. The Morgan fingerprint density at radius 3 is 2.43 bits per heavy atom. The van der Waals surface area contributed by atoms with Crippen LogP contribution in [0.25, 0.3) is 0 Å². The quantitative estimate of drug-likeness (QED) is 0.406. The molecule has 0 aliphatic carbocycles. The number of hydrogen-bond acceptors (Lipinski definition) is 4. The first-order valence-electron chi connectivity index (χ1n) is 9.50. The van der Waals surface area contributed by atoms with Crippen LogP contribution in [0.15, 0.2) is 46.8 Å². The van der Waals surface area contributed by atoms with E-state index < -0.39 is 10.0 Å². The molecule has 0 fully saturated rings. The van der Waals surface area contributed by atoms with Crippen molar-refractivity contribution in [2.45, 2.75) is 45.5 Å². The van der Waals surface area contributed by atoms with E-state index in [1.54, 1.807) is 11.3 Å². The maximum Gasteiger partial charge on any atom is 0.216 e. The van der Waals surface area contributed by atoms with Crippen LogP contribution in [0.3, 0.4) is 0 Å². The van der Waals surface area contributed by atoms with Gasteiger partial charge >= 0.3 is 0 Å². The van der Waals surface area contributed by atoms with Crippen molar-refractivity contribution >= 4 is 27.3 Å². The number of thiophene rings is 1. The molecule has 0 unspecified atom stereocenters. The maximum absolute atomic E-state index is 12.0. The van der Waals surface area contributed by atoms with E-state index in [4.69, 9.17) is 0 Å². The lowest BCUT2D eigenvalue weighted by Crippen LogP contribution is -2.38. The van der Waals surface area contributed by atoms with Crippen molar-refractivity contribution < 1.29 is 8.42 Å². The maximum atomic E-state index is 12.0. The van der Waals surface area contributed by atoms with E-state index in [0.29, 0.717) is 6.54 Å². The molecule has 6 nitrogen and oxygen atoms in total. The molecule has 2 rings (SSSR count). The van der Waals surface area contributed by atoms with Gasteiger partial charge in [-0.05, 0) is 49.8 Å². The minimum Gasteiger partial charge on any atom is -0.357 e. The monoisotopic (exact) mass is 422 g/mol. The van der Waals surface area contributed by atoms with E-state index in [9.17, 15) is 8.42 Å². The number of aliphatic imine (C=N–C) groups is 1. The van der Waals surface area contributed by atoms with Crippen molar-refractivity contribution in [1.29, 1.82) is 0 Å². The molecule has 0 bridgehead atoms. The number of benzene rings is 1. The van der Waals surface area contributed by atoms with Crippen LogP contribution in [0.2, 0.25) is 0 Å². The Hall–Kier alpha value is -1.90. The summed E-state index contributed by atoms with van der Waals surface area (Å²) in [5.74, 6) is 0.772. The van der Waals surface area contributed by atoms with Crippen LogP contribution in [0.4, 0.5) is 0 Å². The fourth-order valence-corrected chi connectivity index (χ4v) is 4.77. The zero-order valence-corrected chi connectivity index (χ0v) is 18.4. The van der Waals surface area contributed by atoms with Gasteiger partial charge in [0.25, 0.3) is 0 Å². The van der Waals surface area contributed by atoms with Crippen molar-refractivity contribution in [3.8, 4) is 0 Å². The van der Waals surface area contributed by atoms with Gasteiger partial charge in [-0.25, -0.2) is 18.1 Å². The highest BCUT2D eigenvalue weighted by Crippen LogP contribution is 2.10. The molecule has 0 aliphatic rings. The third-order valence-corrected chi connectivity index (χ3v) is 6.28. The van der Waals surface area contributed by atoms with Crippen LogP contribution in [-0.4, -0.2) is 33.5 Å². The van der Waals surface area contributed by atoms with Crippen LogP contribution in [0, 0.1) is 0 Å². The molecule has 0 saturated carbocycles. The molecule has 0 saturated heterocycles. The summed E-state index contributed by atoms with van der Waals surface area (Å²) in [7, 11) is -3.31. The summed E-state index contributed by atoms with van der Waals surface area (Å²) < 4.78 is 26.6. The lowest BCUT2D eigenvalue weighted by molar-refractivity contribution is 0.569. The Morgan fingerprint density at radius 1 is 1.11 bits per heavy atom. The van der Waals surface area contributed by atoms with Crippen LogP contribution < -0.4 is 15.4 Å². The van der Waals surface area contributed by atoms with Crippen molar-refractivity contribution in [2.24, 2.45) is 4.99 Å². The molecule has 1 heterocycles. The molecule has 2 aromatic rings. The van der Waals surface area contributed by atoms with Gasteiger partial charge in [-0.15, -0.1) is 11.3 Å². The molecule has 0 amide bonds. The fourth-order valence-electron chi connectivity index (χ4n) is 2.63.